The van der Waals surface area contributed by atoms with Crippen molar-refractivity contribution < 1.29 is 9.53 Å². The van der Waals surface area contributed by atoms with Gasteiger partial charge in [0.05, 0.1) is 12.5 Å². The van der Waals surface area contributed by atoms with E-state index in [1.807, 2.05) is 0 Å². The molecule has 0 heterocycles. The number of rotatable bonds is 35. The van der Waals surface area contributed by atoms with Crippen LogP contribution >= 0.6 is 0 Å². The summed E-state index contributed by atoms with van der Waals surface area (Å²) in [5.74, 6) is 0.106. The van der Waals surface area contributed by atoms with E-state index in [1.165, 1.54) is 199 Å². The van der Waals surface area contributed by atoms with Gasteiger partial charge < -0.3 is 4.74 Å². The van der Waals surface area contributed by atoms with Crippen molar-refractivity contribution in [2.24, 2.45) is 5.92 Å². The van der Waals surface area contributed by atoms with Crippen LogP contribution in [0.25, 0.3) is 0 Å². The Morgan fingerprint density at radius 1 is 0.390 bits per heavy atom. The zero-order chi connectivity index (χ0) is 29.9. The van der Waals surface area contributed by atoms with Crippen LogP contribution in [-0.4, -0.2) is 12.6 Å². The molecule has 246 valence electrons. The fourth-order valence-electron chi connectivity index (χ4n) is 6.08. The summed E-state index contributed by atoms with van der Waals surface area (Å²) in [6.45, 7) is 7.27. The third kappa shape index (κ3) is 33.8. The van der Waals surface area contributed by atoms with Gasteiger partial charge in [-0.25, -0.2) is 0 Å². The van der Waals surface area contributed by atoms with Crippen LogP contribution in [-0.2, 0) is 9.53 Å². The Balaban J connectivity index is 3.26. The second-order valence-electron chi connectivity index (χ2n) is 13.5. The maximum Gasteiger partial charge on any atom is 0.308 e. The number of ether oxygens (including phenoxy) is 1. The van der Waals surface area contributed by atoms with Gasteiger partial charge in [0.2, 0.25) is 0 Å². The Morgan fingerprint density at radius 2 is 0.634 bits per heavy atom. The second-order valence-corrected chi connectivity index (χ2v) is 13.5. The predicted octanol–water partition coefficient (Wildman–Crippen LogP) is 14.1. The lowest BCUT2D eigenvalue weighted by molar-refractivity contribution is -0.148. The number of hydrogen-bond acceptors (Lipinski definition) is 2. The van der Waals surface area contributed by atoms with Gasteiger partial charge in [-0.3, -0.25) is 4.79 Å². The van der Waals surface area contributed by atoms with Crippen LogP contribution in [0.5, 0.6) is 0 Å². The molecule has 1 unspecified atom stereocenters. The first kappa shape index (κ1) is 40.5. The minimum absolute atomic E-state index is 0.0340. The maximum absolute atomic E-state index is 12.3. The molecule has 2 heteroatoms. The van der Waals surface area contributed by atoms with Crippen molar-refractivity contribution in [2.75, 3.05) is 6.61 Å². The third-order valence-electron chi connectivity index (χ3n) is 9.14. The second kappa shape index (κ2) is 35.7. The van der Waals surface area contributed by atoms with Crippen LogP contribution in [0.2, 0.25) is 0 Å². The van der Waals surface area contributed by atoms with E-state index in [-0.39, 0.29) is 11.9 Å². The fourth-order valence-corrected chi connectivity index (χ4v) is 6.08. The summed E-state index contributed by atoms with van der Waals surface area (Å²) in [6, 6.07) is 0. The van der Waals surface area contributed by atoms with Crippen molar-refractivity contribution in [3.8, 4) is 0 Å². The minimum atomic E-state index is 0.0340. The summed E-state index contributed by atoms with van der Waals surface area (Å²) in [5.41, 5.74) is 0. The van der Waals surface area contributed by atoms with Crippen LogP contribution in [0, 0.1) is 5.92 Å². The zero-order valence-corrected chi connectivity index (χ0v) is 28.9. The summed E-state index contributed by atoms with van der Waals surface area (Å²) >= 11 is 0. The molecule has 0 aliphatic rings. The molecule has 1 atom stereocenters. The molecule has 2 nitrogen and oxygen atoms in total. The Hall–Kier alpha value is -0.530. The minimum Gasteiger partial charge on any atom is -0.465 e. The van der Waals surface area contributed by atoms with E-state index in [0.29, 0.717) is 6.61 Å². The average Bonchev–Trinajstić information content (AvgIpc) is 2.98. The fraction of sp³-hybridized carbons (Fsp3) is 0.974. The maximum atomic E-state index is 12.3. The van der Waals surface area contributed by atoms with Gasteiger partial charge >= 0.3 is 5.97 Å². The Morgan fingerprint density at radius 3 is 0.927 bits per heavy atom. The average molecular weight is 579 g/mol. The molecule has 0 aromatic carbocycles. The highest BCUT2D eigenvalue weighted by Gasteiger charge is 2.13. The largest absolute Gasteiger partial charge is 0.465 e. The van der Waals surface area contributed by atoms with Crippen LogP contribution in [0.1, 0.15) is 233 Å². The highest BCUT2D eigenvalue weighted by molar-refractivity contribution is 5.71. The van der Waals surface area contributed by atoms with E-state index in [2.05, 4.69) is 20.8 Å². The van der Waals surface area contributed by atoms with Gasteiger partial charge in [-0.1, -0.05) is 220 Å². The molecule has 0 aromatic rings. The molecule has 0 saturated carbocycles. The zero-order valence-electron chi connectivity index (χ0n) is 28.9. The highest BCUT2D eigenvalue weighted by atomic mass is 16.5. The summed E-state index contributed by atoms with van der Waals surface area (Å²) in [6.07, 6.45) is 45.3. The van der Waals surface area contributed by atoms with E-state index in [1.54, 1.807) is 0 Å². The van der Waals surface area contributed by atoms with Gasteiger partial charge in [-0.2, -0.15) is 0 Å². The standard InChI is InChI=1S/C39H78O2/c1-4-6-8-10-12-14-16-18-20-21-22-23-24-26-28-30-32-34-36-38(3)39(40)41-37-35-33-31-29-27-25-19-17-15-13-11-9-7-5-2/h38H,4-37H2,1-3H3. The lowest BCUT2D eigenvalue weighted by atomic mass is 10.0. The topological polar surface area (TPSA) is 26.3 Å². The van der Waals surface area contributed by atoms with Crippen molar-refractivity contribution >= 4 is 5.97 Å². The number of hydrogen-bond donors (Lipinski definition) is 0. The molecule has 0 aromatic heterocycles. The van der Waals surface area contributed by atoms with Crippen molar-refractivity contribution in [1.82, 2.24) is 0 Å². The molecule has 0 rings (SSSR count). The van der Waals surface area contributed by atoms with E-state index in [9.17, 15) is 4.79 Å². The molecule has 0 radical (unpaired) electrons. The van der Waals surface area contributed by atoms with Crippen LogP contribution < -0.4 is 0 Å². The van der Waals surface area contributed by atoms with E-state index in [4.69, 9.17) is 4.74 Å². The summed E-state index contributed by atoms with van der Waals surface area (Å²) in [7, 11) is 0. The van der Waals surface area contributed by atoms with Crippen LogP contribution in [0.3, 0.4) is 0 Å². The smallest absolute Gasteiger partial charge is 0.308 e. The van der Waals surface area contributed by atoms with Crippen LogP contribution in [0.15, 0.2) is 0 Å². The molecule has 0 aliphatic carbocycles. The molecule has 0 amide bonds. The van der Waals surface area contributed by atoms with E-state index >= 15 is 0 Å². The first-order chi connectivity index (χ1) is 20.2. The lowest BCUT2D eigenvalue weighted by Crippen LogP contribution is -2.15. The number of unbranched alkanes of at least 4 members (excludes halogenated alkanes) is 30. The first-order valence-corrected chi connectivity index (χ1v) is 19.4. The van der Waals surface area contributed by atoms with E-state index in [0.717, 1.165) is 12.8 Å². The Kier molecular flexibility index (Phi) is 35.2. The summed E-state index contributed by atoms with van der Waals surface area (Å²) in [4.78, 5) is 12.3. The predicted molar refractivity (Wildman–Crippen MR) is 184 cm³/mol. The molecule has 0 bridgehead atoms. The highest BCUT2D eigenvalue weighted by Crippen LogP contribution is 2.17. The quantitative estimate of drug-likeness (QED) is 0.0552. The van der Waals surface area contributed by atoms with Crippen molar-refractivity contribution in [2.45, 2.75) is 233 Å². The monoisotopic (exact) mass is 579 g/mol. The van der Waals surface area contributed by atoms with Gasteiger partial charge in [0.1, 0.15) is 0 Å². The first-order valence-electron chi connectivity index (χ1n) is 19.4. The molecule has 0 saturated heterocycles. The SMILES string of the molecule is CCCCCCCCCCCCCCCCCCCCC(C)C(=O)OCCCCCCCCCCCCCCCC. The van der Waals surface area contributed by atoms with Crippen molar-refractivity contribution in [3.05, 3.63) is 0 Å². The molecule has 41 heavy (non-hydrogen) atoms. The third-order valence-corrected chi connectivity index (χ3v) is 9.14. The van der Waals surface area contributed by atoms with Gasteiger partial charge in [-0.15, -0.1) is 0 Å². The number of carbonyl (C=O) groups excluding carboxylic acids is 1. The van der Waals surface area contributed by atoms with Gasteiger partial charge in [0, 0.05) is 0 Å². The lowest BCUT2D eigenvalue weighted by Gasteiger charge is -2.11. The van der Waals surface area contributed by atoms with Gasteiger partial charge in [0.25, 0.3) is 0 Å². The van der Waals surface area contributed by atoms with E-state index < -0.39 is 0 Å². The van der Waals surface area contributed by atoms with Crippen molar-refractivity contribution in [1.29, 1.82) is 0 Å². The molecular formula is C39H78O2. The molecule has 0 fully saturated rings. The summed E-state index contributed by atoms with van der Waals surface area (Å²) < 4.78 is 5.56. The van der Waals surface area contributed by atoms with Crippen molar-refractivity contribution in [3.63, 3.8) is 0 Å². The van der Waals surface area contributed by atoms with Crippen LogP contribution in [0.4, 0.5) is 0 Å². The summed E-state index contributed by atoms with van der Waals surface area (Å²) in [5, 5.41) is 0. The molecule has 0 spiro atoms. The molecular weight excluding hydrogens is 500 g/mol. The number of esters is 1. The molecule has 0 aliphatic heterocycles. The van der Waals surface area contributed by atoms with Gasteiger partial charge in [-0.05, 0) is 12.8 Å². The Labute approximate surface area is 260 Å². The Bertz CT molecular complexity index is 488. The number of carbonyl (C=O) groups is 1. The normalized spacial score (nSPS) is 12.2. The van der Waals surface area contributed by atoms with Gasteiger partial charge in [0.15, 0.2) is 0 Å². The molecule has 0 N–H and O–H groups in total.